The number of hydrogen-bond acceptors (Lipinski definition) is 6. The number of carbonyl (C=O) groups excluding carboxylic acids is 1. The second-order valence-corrected chi connectivity index (χ2v) is 7.96. The molecule has 1 fully saturated rings. The molecule has 3 aromatic carbocycles. The summed E-state index contributed by atoms with van der Waals surface area (Å²) in [5, 5.41) is 10.7. The fourth-order valence-corrected chi connectivity index (χ4v) is 3.88. The van der Waals surface area contributed by atoms with Gasteiger partial charge in [0.1, 0.15) is 11.5 Å². The molecule has 1 aliphatic heterocycles. The number of ketones is 1. The molecule has 1 N–H and O–H groups in total. The zero-order valence-electron chi connectivity index (χ0n) is 19.3. The summed E-state index contributed by atoms with van der Waals surface area (Å²) in [6.45, 7) is 0.661. The smallest absolute Gasteiger partial charge is 0.199 e. The van der Waals surface area contributed by atoms with Gasteiger partial charge >= 0.3 is 0 Å². The van der Waals surface area contributed by atoms with E-state index < -0.39 is 0 Å². The average molecular weight is 461 g/mol. The minimum Gasteiger partial charge on any atom is -0.507 e. The average Bonchev–Trinajstić information content (AvgIpc) is 2.88. The number of rotatable bonds is 8. The van der Waals surface area contributed by atoms with E-state index in [1.165, 1.54) is 6.07 Å². The van der Waals surface area contributed by atoms with Gasteiger partial charge in [-0.25, -0.2) is 0 Å². The van der Waals surface area contributed by atoms with Crippen molar-refractivity contribution >= 4 is 17.4 Å². The molecule has 0 spiro atoms. The molecule has 1 atom stereocenters. The third-order valence-electron chi connectivity index (χ3n) is 5.67. The van der Waals surface area contributed by atoms with Gasteiger partial charge in [0.15, 0.2) is 23.6 Å². The van der Waals surface area contributed by atoms with Gasteiger partial charge in [-0.3, -0.25) is 4.79 Å². The van der Waals surface area contributed by atoms with Crippen molar-refractivity contribution in [2.75, 3.05) is 20.8 Å². The van der Waals surface area contributed by atoms with E-state index in [1.54, 1.807) is 44.6 Å². The minimum atomic E-state index is -0.334. The van der Waals surface area contributed by atoms with Gasteiger partial charge in [0.2, 0.25) is 0 Å². The van der Waals surface area contributed by atoms with Crippen molar-refractivity contribution in [3.8, 4) is 23.0 Å². The molecule has 34 heavy (non-hydrogen) atoms. The number of allylic oxidation sites excluding steroid dienone is 1. The Labute approximate surface area is 199 Å². The van der Waals surface area contributed by atoms with Crippen LogP contribution in [0.5, 0.6) is 23.0 Å². The van der Waals surface area contributed by atoms with E-state index in [1.807, 2.05) is 36.4 Å². The van der Waals surface area contributed by atoms with Gasteiger partial charge in [-0.05, 0) is 54.3 Å². The Morgan fingerprint density at radius 3 is 2.44 bits per heavy atom. The number of benzene rings is 3. The van der Waals surface area contributed by atoms with Gasteiger partial charge in [-0.15, -0.1) is 0 Å². The van der Waals surface area contributed by atoms with Crippen LogP contribution in [0.25, 0.3) is 11.6 Å². The second-order valence-electron chi connectivity index (χ2n) is 7.96. The first-order valence-electron chi connectivity index (χ1n) is 11.2. The van der Waals surface area contributed by atoms with Gasteiger partial charge in [-0.2, -0.15) is 0 Å². The Morgan fingerprint density at radius 2 is 1.76 bits per heavy atom. The van der Waals surface area contributed by atoms with Crippen LogP contribution >= 0.6 is 0 Å². The van der Waals surface area contributed by atoms with Crippen molar-refractivity contribution in [1.82, 2.24) is 0 Å². The molecule has 3 aromatic rings. The maximum Gasteiger partial charge on any atom is 0.199 e. The number of hydrogen-bond donors (Lipinski definition) is 1. The molecule has 0 aromatic heterocycles. The van der Waals surface area contributed by atoms with Crippen LogP contribution in [0.1, 0.15) is 40.7 Å². The highest BCUT2D eigenvalue weighted by molar-refractivity contribution is 6.33. The molecule has 0 bridgehead atoms. The predicted octanol–water partition coefficient (Wildman–Crippen LogP) is 5.74. The van der Waals surface area contributed by atoms with E-state index in [4.69, 9.17) is 18.9 Å². The number of phenols is 1. The summed E-state index contributed by atoms with van der Waals surface area (Å²) < 4.78 is 22.1. The first-order valence-corrected chi connectivity index (χ1v) is 11.2. The number of ether oxygens (including phenoxy) is 4. The maximum absolute atomic E-state index is 13.6. The molecule has 176 valence electrons. The number of Topliss-reactive ketones (excluding diaryl/α,β-unsaturated/α-hetero) is 1. The van der Waals surface area contributed by atoms with Crippen LogP contribution < -0.4 is 14.2 Å². The summed E-state index contributed by atoms with van der Waals surface area (Å²) in [5.74, 6) is 1.17. The van der Waals surface area contributed by atoms with Gasteiger partial charge in [-0.1, -0.05) is 36.4 Å². The second kappa shape index (κ2) is 10.9. The van der Waals surface area contributed by atoms with Gasteiger partial charge < -0.3 is 24.1 Å². The van der Waals surface area contributed by atoms with Gasteiger partial charge in [0.25, 0.3) is 0 Å². The monoisotopic (exact) mass is 460 g/mol. The van der Waals surface area contributed by atoms with Gasteiger partial charge in [0, 0.05) is 18.1 Å². The lowest BCUT2D eigenvalue weighted by atomic mass is 9.94. The van der Waals surface area contributed by atoms with Crippen LogP contribution in [0.15, 0.2) is 66.7 Å². The molecule has 1 saturated heterocycles. The third-order valence-corrected chi connectivity index (χ3v) is 5.67. The summed E-state index contributed by atoms with van der Waals surface area (Å²) >= 11 is 0. The number of aromatic hydroxyl groups is 1. The van der Waals surface area contributed by atoms with E-state index in [-0.39, 0.29) is 23.4 Å². The Bertz CT molecular complexity index is 1160. The van der Waals surface area contributed by atoms with Crippen molar-refractivity contribution in [2.45, 2.75) is 25.6 Å². The first-order chi connectivity index (χ1) is 16.6. The largest absolute Gasteiger partial charge is 0.507 e. The van der Waals surface area contributed by atoms with Crippen molar-refractivity contribution in [3.63, 3.8) is 0 Å². The molecule has 1 unspecified atom stereocenters. The lowest BCUT2D eigenvalue weighted by Gasteiger charge is -2.23. The van der Waals surface area contributed by atoms with E-state index in [2.05, 4.69) is 0 Å². The summed E-state index contributed by atoms with van der Waals surface area (Å²) in [6.07, 6.45) is 4.30. The van der Waals surface area contributed by atoms with Crippen molar-refractivity contribution in [2.24, 2.45) is 0 Å². The molecule has 1 heterocycles. The van der Waals surface area contributed by atoms with Crippen molar-refractivity contribution in [3.05, 3.63) is 83.4 Å². The quantitative estimate of drug-likeness (QED) is 0.263. The molecule has 0 saturated carbocycles. The topological polar surface area (TPSA) is 74.2 Å². The Hall–Kier alpha value is -3.77. The highest BCUT2D eigenvalue weighted by Gasteiger charge is 2.21. The third kappa shape index (κ3) is 5.41. The molecule has 6 nitrogen and oxygen atoms in total. The molecule has 4 rings (SSSR count). The first kappa shape index (κ1) is 23.4. The highest BCUT2D eigenvalue weighted by Crippen LogP contribution is 2.33. The van der Waals surface area contributed by atoms with Crippen molar-refractivity contribution in [1.29, 1.82) is 0 Å². The SMILES string of the molecule is COc1ccc(/C=C(\C(=O)c2ccc(OC3CCCCO3)cc2O)c2ccccc2)cc1OC. The number of methoxy groups -OCH3 is 2. The molecule has 0 radical (unpaired) electrons. The zero-order valence-corrected chi connectivity index (χ0v) is 19.3. The van der Waals surface area contributed by atoms with Gasteiger partial charge in [0.05, 0.1) is 26.4 Å². The van der Waals surface area contributed by atoms with E-state index in [9.17, 15) is 9.90 Å². The Kier molecular flexibility index (Phi) is 7.50. The van der Waals surface area contributed by atoms with E-state index >= 15 is 0 Å². The Morgan fingerprint density at radius 1 is 0.971 bits per heavy atom. The van der Waals surface area contributed by atoms with Crippen LogP contribution in [-0.2, 0) is 4.74 Å². The Balaban J connectivity index is 1.67. The molecule has 6 heteroatoms. The summed E-state index contributed by atoms with van der Waals surface area (Å²) in [6, 6.07) is 19.5. The van der Waals surface area contributed by atoms with Crippen LogP contribution in [0, 0.1) is 0 Å². The lowest BCUT2D eigenvalue weighted by Crippen LogP contribution is -2.24. The number of phenolic OH excluding ortho intramolecular Hbond substituents is 1. The van der Waals surface area contributed by atoms with Crippen LogP contribution in [0.2, 0.25) is 0 Å². The molecule has 1 aliphatic rings. The van der Waals surface area contributed by atoms with Crippen LogP contribution in [0.4, 0.5) is 0 Å². The normalized spacial score (nSPS) is 16.1. The minimum absolute atomic E-state index is 0.146. The molecule has 0 aliphatic carbocycles. The summed E-state index contributed by atoms with van der Waals surface area (Å²) in [5.41, 5.74) is 2.12. The maximum atomic E-state index is 13.6. The zero-order chi connectivity index (χ0) is 23.9. The predicted molar refractivity (Wildman–Crippen MR) is 131 cm³/mol. The van der Waals surface area contributed by atoms with Crippen molar-refractivity contribution < 1.29 is 28.8 Å². The molecular weight excluding hydrogens is 432 g/mol. The van der Waals surface area contributed by atoms with E-state index in [0.29, 0.717) is 29.4 Å². The summed E-state index contributed by atoms with van der Waals surface area (Å²) in [7, 11) is 3.14. The highest BCUT2D eigenvalue weighted by atomic mass is 16.7. The summed E-state index contributed by atoms with van der Waals surface area (Å²) in [4.78, 5) is 13.6. The van der Waals surface area contributed by atoms with Crippen LogP contribution in [-0.4, -0.2) is 38.0 Å². The standard InChI is InChI=1S/C28H28O6/c1-31-25-14-11-19(17-26(25)32-2)16-23(20-8-4-3-5-9-20)28(30)22-13-12-21(18-24(22)29)34-27-10-6-7-15-33-27/h3-5,8-9,11-14,16-18,27,29H,6-7,10,15H2,1-2H3/b23-16-. The van der Waals surface area contributed by atoms with Crippen LogP contribution in [0.3, 0.4) is 0 Å². The molecular formula is C28H28O6. The number of carbonyl (C=O) groups is 1. The van der Waals surface area contributed by atoms with E-state index in [0.717, 1.165) is 30.4 Å². The fourth-order valence-electron chi connectivity index (χ4n) is 3.88. The fraction of sp³-hybridized carbons (Fsp3) is 0.250. The molecule has 0 amide bonds. The lowest BCUT2D eigenvalue weighted by molar-refractivity contribution is -0.105.